The molecule has 0 saturated heterocycles. The highest BCUT2D eigenvalue weighted by Gasteiger charge is 2.31. The quantitative estimate of drug-likeness (QED) is 0.549. The molecule has 0 radical (unpaired) electrons. The lowest BCUT2D eigenvalue weighted by Gasteiger charge is -2.07. The molecule has 0 unspecified atom stereocenters. The van der Waals surface area contributed by atoms with E-state index in [9.17, 15) is 4.79 Å². The SMILES string of the molecule is C/C=C/C1=CC(=O)[C@H](O)[C@@H]1O. The zero-order valence-electron chi connectivity index (χ0n) is 6.19. The van der Waals surface area contributed by atoms with Gasteiger partial charge in [-0.15, -0.1) is 0 Å². The first-order chi connectivity index (χ1) is 5.16. The fourth-order valence-electron chi connectivity index (χ4n) is 1.01. The highest BCUT2D eigenvalue weighted by molar-refractivity contribution is 5.98. The number of ketones is 1. The molecule has 1 rings (SSSR count). The highest BCUT2D eigenvalue weighted by Crippen LogP contribution is 2.17. The summed E-state index contributed by atoms with van der Waals surface area (Å²) in [6, 6.07) is 0. The molecule has 0 spiro atoms. The number of aliphatic hydroxyl groups is 2. The first kappa shape index (κ1) is 8.17. The van der Waals surface area contributed by atoms with Crippen LogP contribution in [0.4, 0.5) is 0 Å². The molecule has 3 nitrogen and oxygen atoms in total. The van der Waals surface area contributed by atoms with Crippen LogP contribution in [-0.4, -0.2) is 28.2 Å². The van der Waals surface area contributed by atoms with Gasteiger partial charge in [0.05, 0.1) is 0 Å². The normalized spacial score (nSPS) is 31.5. The third-order valence-electron chi connectivity index (χ3n) is 1.60. The molecule has 11 heavy (non-hydrogen) atoms. The summed E-state index contributed by atoms with van der Waals surface area (Å²) in [7, 11) is 0. The smallest absolute Gasteiger partial charge is 0.187 e. The molecule has 0 amide bonds. The highest BCUT2D eigenvalue weighted by atomic mass is 16.3. The van der Waals surface area contributed by atoms with Crippen molar-refractivity contribution >= 4 is 5.78 Å². The lowest BCUT2D eigenvalue weighted by molar-refractivity contribution is -0.124. The number of hydrogen-bond donors (Lipinski definition) is 2. The Hall–Kier alpha value is -0.930. The van der Waals surface area contributed by atoms with Crippen molar-refractivity contribution in [3.8, 4) is 0 Å². The average Bonchev–Trinajstić information content (AvgIpc) is 2.19. The second kappa shape index (κ2) is 2.98. The van der Waals surface area contributed by atoms with Crippen LogP contribution < -0.4 is 0 Å². The van der Waals surface area contributed by atoms with Gasteiger partial charge in [0, 0.05) is 0 Å². The zero-order chi connectivity index (χ0) is 8.43. The zero-order valence-corrected chi connectivity index (χ0v) is 6.19. The maximum absolute atomic E-state index is 10.7. The van der Waals surface area contributed by atoms with Crippen LogP contribution in [0.1, 0.15) is 6.92 Å². The Balaban J connectivity index is 2.83. The molecular weight excluding hydrogens is 144 g/mol. The first-order valence-corrected chi connectivity index (χ1v) is 3.41. The molecule has 0 aromatic heterocycles. The molecule has 2 N–H and O–H groups in total. The maximum atomic E-state index is 10.7. The Kier molecular flexibility index (Phi) is 2.22. The Morgan fingerprint density at radius 1 is 1.45 bits per heavy atom. The van der Waals surface area contributed by atoms with Gasteiger partial charge in [0.25, 0.3) is 0 Å². The number of allylic oxidation sites excluding steroid dienone is 1. The molecule has 60 valence electrons. The van der Waals surface area contributed by atoms with Gasteiger partial charge in [-0.25, -0.2) is 0 Å². The summed E-state index contributed by atoms with van der Waals surface area (Å²) < 4.78 is 0. The molecule has 2 atom stereocenters. The van der Waals surface area contributed by atoms with Gasteiger partial charge in [0.15, 0.2) is 5.78 Å². The summed E-state index contributed by atoms with van der Waals surface area (Å²) in [5.41, 5.74) is 0.477. The molecule has 0 heterocycles. The second-order valence-corrected chi connectivity index (χ2v) is 2.44. The Labute approximate surface area is 64.7 Å². The van der Waals surface area contributed by atoms with Gasteiger partial charge in [0.1, 0.15) is 12.2 Å². The third kappa shape index (κ3) is 1.39. The summed E-state index contributed by atoms with van der Waals surface area (Å²) in [6.07, 6.45) is 2.27. The maximum Gasteiger partial charge on any atom is 0.187 e. The average molecular weight is 154 g/mol. The summed E-state index contributed by atoms with van der Waals surface area (Å²) in [6.45, 7) is 1.78. The van der Waals surface area contributed by atoms with Crippen LogP contribution in [0.15, 0.2) is 23.8 Å². The van der Waals surface area contributed by atoms with E-state index in [-0.39, 0.29) is 0 Å². The molecule has 0 aromatic rings. The van der Waals surface area contributed by atoms with Crippen molar-refractivity contribution in [3.63, 3.8) is 0 Å². The van der Waals surface area contributed by atoms with E-state index in [2.05, 4.69) is 0 Å². The molecular formula is C8H10O3. The molecule has 1 aliphatic carbocycles. The molecule has 0 aromatic carbocycles. The van der Waals surface area contributed by atoms with Crippen molar-refractivity contribution in [2.24, 2.45) is 0 Å². The fraction of sp³-hybridized carbons (Fsp3) is 0.375. The van der Waals surface area contributed by atoms with E-state index in [1.165, 1.54) is 6.08 Å². The monoisotopic (exact) mass is 154 g/mol. The predicted molar refractivity (Wildman–Crippen MR) is 39.9 cm³/mol. The van der Waals surface area contributed by atoms with Crippen LogP contribution in [0, 0.1) is 0 Å². The summed E-state index contributed by atoms with van der Waals surface area (Å²) >= 11 is 0. The Morgan fingerprint density at radius 2 is 2.09 bits per heavy atom. The van der Waals surface area contributed by atoms with Crippen molar-refractivity contribution in [3.05, 3.63) is 23.8 Å². The summed E-state index contributed by atoms with van der Waals surface area (Å²) in [4.78, 5) is 10.7. The van der Waals surface area contributed by atoms with E-state index < -0.39 is 18.0 Å². The summed E-state index contributed by atoms with van der Waals surface area (Å²) in [5, 5.41) is 18.1. The van der Waals surface area contributed by atoms with E-state index in [0.29, 0.717) is 5.57 Å². The minimum absolute atomic E-state index is 0.425. The van der Waals surface area contributed by atoms with Crippen molar-refractivity contribution < 1.29 is 15.0 Å². The molecule has 1 aliphatic rings. The fourth-order valence-corrected chi connectivity index (χ4v) is 1.01. The van der Waals surface area contributed by atoms with Crippen LogP contribution in [0.5, 0.6) is 0 Å². The van der Waals surface area contributed by atoms with Crippen LogP contribution in [-0.2, 0) is 4.79 Å². The van der Waals surface area contributed by atoms with Gasteiger partial charge < -0.3 is 10.2 Å². The number of hydrogen-bond acceptors (Lipinski definition) is 3. The number of carbonyl (C=O) groups is 1. The molecule has 3 heteroatoms. The molecule has 0 fully saturated rings. The Morgan fingerprint density at radius 3 is 2.45 bits per heavy atom. The van der Waals surface area contributed by atoms with Gasteiger partial charge in [-0.05, 0) is 18.6 Å². The predicted octanol–water partition coefficient (Wildman–Crippen LogP) is -0.207. The molecule has 0 bridgehead atoms. The minimum Gasteiger partial charge on any atom is -0.385 e. The van der Waals surface area contributed by atoms with E-state index >= 15 is 0 Å². The largest absolute Gasteiger partial charge is 0.385 e. The van der Waals surface area contributed by atoms with Crippen LogP contribution in [0.3, 0.4) is 0 Å². The third-order valence-corrected chi connectivity index (χ3v) is 1.60. The van der Waals surface area contributed by atoms with Crippen molar-refractivity contribution in [1.29, 1.82) is 0 Å². The standard InChI is InChI=1S/C8H10O3/c1-2-3-5-4-6(9)8(11)7(5)10/h2-4,7-8,10-11H,1H3/b3-2+/t7-,8+/m1/s1. The van der Waals surface area contributed by atoms with Gasteiger partial charge in [-0.2, -0.15) is 0 Å². The van der Waals surface area contributed by atoms with Crippen LogP contribution >= 0.6 is 0 Å². The van der Waals surface area contributed by atoms with Gasteiger partial charge >= 0.3 is 0 Å². The molecule has 0 saturated carbocycles. The summed E-state index contributed by atoms with van der Waals surface area (Å²) in [5.74, 6) is -0.425. The van der Waals surface area contributed by atoms with Crippen LogP contribution in [0.25, 0.3) is 0 Å². The number of carbonyl (C=O) groups excluding carboxylic acids is 1. The van der Waals surface area contributed by atoms with Crippen molar-refractivity contribution in [2.45, 2.75) is 19.1 Å². The number of aliphatic hydroxyl groups excluding tert-OH is 2. The lowest BCUT2D eigenvalue weighted by Crippen LogP contribution is -2.27. The van der Waals surface area contributed by atoms with Crippen molar-refractivity contribution in [2.75, 3.05) is 0 Å². The minimum atomic E-state index is -1.26. The number of rotatable bonds is 1. The lowest BCUT2D eigenvalue weighted by atomic mass is 10.1. The first-order valence-electron chi connectivity index (χ1n) is 3.41. The van der Waals surface area contributed by atoms with E-state index in [4.69, 9.17) is 10.2 Å². The van der Waals surface area contributed by atoms with Crippen LogP contribution in [0.2, 0.25) is 0 Å². The van der Waals surface area contributed by atoms with E-state index in [0.717, 1.165) is 0 Å². The Bertz CT molecular complexity index is 227. The topological polar surface area (TPSA) is 57.5 Å². The molecule has 0 aliphatic heterocycles. The van der Waals surface area contributed by atoms with E-state index in [1.807, 2.05) is 0 Å². The van der Waals surface area contributed by atoms with Gasteiger partial charge in [-0.1, -0.05) is 12.2 Å². The van der Waals surface area contributed by atoms with Gasteiger partial charge in [-0.3, -0.25) is 4.79 Å². The van der Waals surface area contributed by atoms with Gasteiger partial charge in [0.2, 0.25) is 0 Å². The second-order valence-electron chi connectivity index (χ2n) is 2.44. The van der Waals surface area contributed by atoms with E-state index in [1.54, 1.807) is 19.1 Å². The van der Waals surface area contributed by atoms with Crippen molar-refractivity contribution in [1.82, 2.24) is 0 Å².